The van der Waals surface area contributed by atoms with E-state index in [0.717, 1.165) is 31.2 Å². The average molecular weight is 306 g/mol. The number of likely N-dealkylation sites (tertiary alicyclic amines) is 1. The molecule has 3 heterocycles. The number of aromatic nitrogens is 1. The van der Waals surface area contributed by atoms with E-state index >= 15 is 0 Å². The molecule has 3 aliphatic rings. The minimum atomic E-state index is 0.706. The van der Waals surface area contributed by atoms with Gasteiger partial charge in [0.15, 0.2) is 5.13 Å². The summed E-state index contributed by atoms with van der Waals surface area (Å²) in [5, 5.41) is 7.21. The van der Waals surface area contributed by atoms with Crippen LogP contribution < -0.4 is 10.2 Å². The maximum Gasteiger partial charge on any atom is 0.185 e. The van der Waals surface area contributed by atoms with Crippen LogP contribution in [0.4, 0.5) is 5.13 Å². The van der Waals surface area contributed by atoms with Gasteiger partial charge in [0.05, 0.1) is 0 Å². The number of piperidine rings is 1. The lowest BCUT2D eigenvalue weighted by atomic mass is 10.0. The Bertz CT molecular complexity index is 451. The van der Waals surface area contributed by atoms with Crippen LogP contribution in [0.1, 0.15) is 39.0 Å². The first-order chi connectivity index (χ1) is 10.3. The van der Waals surface area contributed by atoms with Crippen LogP contribution in [0.15, 0.2) is 11.6 Å². The molecule has 0 aromatic carbocycles. The predicted octanol–water partition coefficient (Wildman–Crippen LogP) is 2.33. The molecule has 0 amide bonds. The topological polar surface area (TPSA) is 31.4 Å². The first-order valence-corrected chi connectivity index (χ1v) is 9.34. The quantitative estimate of drug-likeness (QED) is 0.925. The van der Waals surface area contributed by atoms with Crippen molar-refractivity contribution in [2.75, 3.05) is 24.5 Å². The Balaban J connectivity index is 1.25. The fourth-order valence-corrected chi connectivity index (χ4v) is 4.73. The van der Waals surface area contributed by atoms with Gasteiger partial charge in [-0.2, -0.15) is 0 Å². The summed E-state index contributed by atoms with van der Waals surface area (Å²) in [6, 6.07) is 3.12. The normalized spacial score (nSPS) is 32.0. The molecule has 21 heavy (non-hydrogen) atoms. The zero-order valence-electron chi connectivity index (χ0n) is 12.9. The fourth-order valence-electron chi connectivity index (χ4n) is 4.03. The van der Waals surface area contributed by atoms with Crippen molar-refractivity contribution in [2.45, 2.75) is 63.2 Å². The molecular weight excluding hydrogens is 280 g/mol. The Morgan fingerprint density at radius 3 is 2.67 bits per heavy atom. The summed E-state index contributed by atoms with van der Waals surface area (Å²) in [6.45, 7) is 5.99. The van der Waals surface area contributed by atoms with E-state index in [4.69, 9.17) is 0 Å². The molecule has 1 aromatic rings. The Morgan fingerprint density at radius 2 is 2.00 bits per heavy atom. The van der Waals surface area contributed by atoms with Gasteiger partial charge >= 0.3 is 0 Å². The van der Waals surface area contributed by atoms with Gasteiger partial charge in [-0.15, -0.1) is 11.3 Å². The predicted molar refractivity (Wildman–Crippen MR) is 88.1 cm³/mol. The maximum atomic E-state index is 4.43. The number of nitrogens with one attached hydrogen (secondary N) is 1. The van der Waals surface area contributed by atoms with Crippen molar-refractivity contribution in [3.8, 4) is 0 Å². The number of hydrogen-bond acceptors (Lipinski definition) is 5. The van der Waals surface area contributed by atoms with E-state index in [-0.39, 0.29) is 0 Å². The Labute approximate surface area is 131 Å². The van der Waals surface area contributed by atoms with Crippen molar-refractivity contribution >= 4 is 16.5 Å². The van der Waals surface area contributed by atoms with E-state index < -0.39 is 0 Å². The van der Waals surface area contributed by atoms with E-state index in [1.165, 1.54) is 43.8 Å². The summed E-state index contributed by atoms with van der Waals surface area (Å²) < 4.78 is 0. The molecule has 0 bridgehead atoms. The van der Waals surface area contributed by atoms with Gasteiger partial charge in [-0.05, 0) is 39.0 Å². The second-order valence-corrected chi connectivity index (χ2v) is 7.83. The van der Waals surface area contributed by atoms with E-state index in [2.05, 4.69) is 32.4 Å². The summed E-state index contributed by atoms with van der Waals surface area (Å²) in [6.07, 6.45) is 8.63. The minimum Gasteiger partial charge on any atom is -0.348 e. The third kappa shape index (κ3) is 3.10. The molecule has 1 N–H and O–H groups in total. The van der Waals surface area contributed by atoms with Crippen molar-refractivity contribution in [3.63, 3.8) is 0 Å². The highest BCUT2D eigenvalue weighted by Gasteiger charge is 2.39. The van der Waals surface area contributed by atoms with Crippen molar-refractivity contribution in [1.29, 1.82) is 0 Å². The van der Waals surface area contributed by atoms with Crippen molar-refractivity contribution in [1.82, 2.24) is 15.2 Å². The van der Waals surface area contributed by atoms with Crippen LogP contribution in [0.25, 0.3) is 0 Å². The van der Waals surface area contributed by atoms with Crippen LogP contribution >= 0.6 is 11.3 Å². The molecule has 0 spiro atoms. The van der Waals surface area contributed by atoms with Crippen LogP contribution in [-0.4, -0.2) is 53.7 Å². The van der Waals surface area contributed by atoms with Gasteiger partial charge < -0.3 is 10.2 Å². The first kappa shape index (κ1) is 14.0. The maximum absolute atomic E-state index is 4.43. The summed E-state index contributed by atoms with van der Waals surface area (Å²) in [4.78, 5) is 9.61. The highest BCUT2D eigenvalue weighted by molar-refractivity contribution is 7.13. The lowest BCUT2D eigenvalue weighted by Crippen LogP contribution is -2.47. The standard InChI is InChI=1S/C16H26N4S/c1-12-10-14(11-20(12)15-2-3-15)18-13-4-7-19(8-5-13)16-17-6-9-21-16/h6,9,12-15,18H,2-5,7-8,10-11H2,1H3/t12-,14-/m1/s1. The van der Waals surface area contributed by atoms with E-state index in [1.807, 2.05) is 6.20 Å². The number of rotatable bonds is 4. The molecule has 4 rings (SSSR count). The lowest BCUT2D eigenvalue weighted by Gasteiger charge is -2.33. The van der Waals surface area contributed by atoms with Gasteiger partial charge in [0.1, 0.15) is 0 Å². The SMILES string of the molecule is C[C@@H]1C[C@@H](NC2CCN(c3nccs3)CC2)CN1C1CC1. The van der Waals surface area contributed by atoms with Crippen molar-refractivity contribution in [2.24, 2.45) is 0 Å². The Hall–Kier alpha value is -0.650. The zero-order valence-corrected chi connectivity index (χ0v) is 13.7. The van der Waals surface area contributed by atoms with Gasteiger partial charge in [-0.1, -0.05) is 0 Å². The average Bonchev–Trinajstić information content (AvgIpc) is 3.05. The second-order valence-electron chi connectivity index (χ2n) is 6.95. The molecule has 2 saturated heterocycles. The molecule has 4 nitrogen and oxygen atoms in total. The molecular formula is C16H26N4S. The highest BCUT2D eigenvalue weighted by Crippen LogP contribution is 2.33. The molecule has 3 fully saturated rings. The second kappa shape index (κ2) is 5.86. The van der Waals surface area contributed by atoms with E-state index in [0.29, 0.717) is 6.04 Å². The van der Waals surface area contributed by atoms with Gasteiger partial charge in [0.2, 0.25) is 0 Å². The van der Waals surface area contributed by atoms with Gasteiger partial charge in [-0.25, -0.2) is 4.98 Å². The number of nitrogens with zero attached hydrogens (tertiary/aromatic N) is 3. The highest BCUT2D eigenvalue weighted by atomic mass is 32.1. The van der Waals surface area contributed by atoms with Crippen molar-refractivity contribution < 1.29 is 0 Å². The van der Waals surface area contributed by atoms with Gasteiger partial charge in [0, 0.05) is 55.4 Å². The molecule has 116 valence electrons. The summed E-state index contributed by atoms with van der Waals surface area (Å²) in [5.41, 5.74) is 0. The Morgan fingerprint density at radius 1 is 1.19 bits per heavy atom. The molecule has 1 saturated carbocycles. The molecule has 1 aromatic heterocycles. The minimum absolute atomic E-state index is 0.706. The number of anilines is 1. The first-order valence-electron chi connectivity index (χ1n) is 8.46. The van der Waals surface area contributed by atoms with Crippen LogP contribution in [-0.2, 0) is 0 Å². The van der Waals surface area contributed by atoms with Crippen LogP contribution in [0.2, 0.25) is 0 Å². The Kier molecular flexibility index (Phi) is 3.90. The summed E-state index contributed by atoms with van der Waals surface area (Å²) in [7, 11) is 0. The molecule has 2 atom stereocenters. The van der Waals surface area contributed by atoms with Crippen molar-refractivity contribution in [3.05, 3.63) is 11.6 Å². The molecule has 5 heteroatoms. The van der Waals surface area contributed by atoms with E-state index in [1.54, 1.807) is 11.3 Å². The summed E-state index contributed by atoms with van der Waals surface area (Å²) >= 11 is 1.76. The van der Waals surface area contributed by atoms with Crippen LogP contribution in [0, 0.1) is 0 Å². The van der Waals surface area contributed by atoms with Crippen LogP contribution in [0.5, 0.6) is 0 Å². The molecule has 0 unspecified atom stereocenters. The third-order valence-electron chi connectivity index (χ3n) is 5.30. The molecule has 0 radical (unpaired) electrons. The lowest BCUT2D eigenvalue weighted by molar-refractivity contribution is 0.252. The summed E-state index contributed by atoms with van der Waals surface area (Å²) in [5.74, 6) is 0. The van der Waals surface area contributed by atoms with Gasteiger partial charge in [0.25, 0.3) is 0 Å². The van der Waals surface area contributed by atoms with E-state index in [9.17, 15) is 0 Å². The van der Waals surface area contributed by atoms with Crippen LogP contribution in [0.3, 0.4) is 0 Å². The fraction of sp³-hybridized carbons (Fsp3) is 0.812. The number of thiazole rings is 1. The smallest absolute Gasteiger partial charge is 0.185 e. The molecule has 1 aliphatic carbocycles. The largest absolute Gasteiger partial charge is 0.348 e. The zero-order chi connectivity index (χ0) is 14.2. The number of hydrogen-bond donors (Lipinski definition) is 1. The monoisotopic (exact) mass is 306 g/mol. The third-order valence-corrected chi connectivity index (χ3v) is 6.13. The van der Waals surface area contributed by atoms with Gasteiger partial charge in [-0.3, -0.25) is 4.90 Å². The molecule has 2 aliphatic heterocycles.